The Morgan fingerprint density at radius 3 is 2.11 bits per heavy atom. The average molecular weight is 384 g/mol. The van der Waals surface area contributed by atoms with Crippen molar-refractivity contribution in [3.63, 3.8) is 0 Å². The number of para-hydroxylation sites is 1. The van der Waals surface area contributed by atoms with Gasteiger partial charge in [-0.15, -0.1) is 0 Å². The molecule has 28 heavy (non-hydrogen) atoms. The van der Waals surface area contributed by atoms with Crippen molar-refractivity contribution in [1.29, 1.82) is 0 Å². The number of benzene rings is 2. The van der Waals surface area contributed by atoms with Gasteiger partial charge in [0.15, 0.2) is 11.5 Å². The van der Waals surface area contributed by atoms with Crippen molar-refractivity contribution in [2.24, 2.45) is 0 Å². The quantitative estimate of drug-likeness (QED) is 0.743. The third-order valence-corrected chi connectivity index (χ3v) is 3.94. The standard InChI is InChI=1S/C21H24N2O5/c1-23(2)21(25)15-8-6-7-9-16(15)22-19(24)11-10-14-12-17(26-3)20(28-5)18(13-14)27-4/h6-13H,1-5H3,(H,22,24)/b11-10+. The Morgan fingerprint density at radius 2 is 1.57 bits per heavy atom. The Kier molecular flexibility index (Phi) is 7.03. The summed E-state index contributed by atoms with van der Waals surface area (Å²) in [5, 5.41) is 2.74. The van der Waals surface area contributed by atoms with Gasteiger partial charge in [-0.1, -0.05) is 12.1 Å². The highest BCUT2D eigenvalue weighted by atomic mass is 16.5. The number of nitrogens with one attached hydrogen (secondary N) is 1. The molecule has 0 aliphatic rings. The Balaban J connectivity index is 2.23. The molecule has 0 bridgehead atoms. The molecule has 7 heteroatoms. The van der Waals surface area contributed by atoms with Crippen LogP contribution in [-0.4, -0.2) is 52.1 Å². The first kappa shape index (κ1) is 20.8. The molecular weight excluding hydrogens is 360 g/mol. The molecule has 7 nitrogen and oxygen atoms in total. The molecule has 1 N–H and O–H groups in total. The number of nitrogens with zero attached hydrogens (tertiary/aromatic N) is 1. The van der Waals surface area contributed by atoms with E-state index in [-0.39, 0.29) is 11.8 Å². The van der Waals surface area contributed by atoms with E-state index in [0.717, 1.165) is 0 Å². The number of anilines is 1. The Hall–Kier alpha value is -3.48. The Morgan fingerprint density at radius 1 is 0.964 bits per heavy atom. The minimum absolute atomic E-state index is 0.190. The highest BCUT2D eigenvalue weighted by Gasteiger charge is 2.14. The van der Waals surface area contributed by atoms with E-state index in [1.807, 2.05) is 0 Å². The van der Waals surface area contributed by atoms with E-state index in [0.29, 0.717) is 34.1 Å². The fourth-order valence-electron chi connectivity index (χ4n) is 2.56. The minimum Gasteiger partial charge on any atom is -0.493 e. The van der Waals surface area contributed by atoms with Gasteiger partial charge in [0.1, 0.15) is 0 Å². The van der Waals surface area contributed by atoms with Crippen molar-refractivity contribution in [2.75, 3.05) is 40.7 Å². The number of methoxy groups -OCH3 is 3. The number of ether oxygens (including phenoxy) is 3. The SMILES string of the molecule is COc1cc(/C=C/C(=O)Nc2ccccc2C(=O)N(C)C)cc(OC)c1OC. The number of rotatable bonds is 7. The van der Waals surface area contributed by atoms with Crippen LogP contribution in [-0.2, 0) is 4.79 Å². The van der Waals surface area contributed by atoms with E-state index in [9.17, 15) is 9.59 Å². The lowest BCUT2D eigenvalue weighted by atomic mass is 10.1. The van der Waals surface area contributed by atoms with Gasteiger partial charge in [-0.3, -0.25) is 9.59 Å². The van der Waals surface area contributed by atoms with Crippen LogP contribution in [0.3, 0.4) is 0 Å². The second-order valence-electron chi connectivity index (χ2n) is 6.03. The van der Waals surface area contributed by atoms with E-state index in [1.54, 1.807) is 56.6 Å². The van der Waals surface area contributed by atoms with Gasteiger partial charge in [0, 0.05) is 20.2 Å². The zero-order valence-electron chi connectivity index (χ0n) is 16.6. The summed E-state index contributed by atoms with van der Waals surface area (Å²) in [5.41, 5.74) is 1.56. The molecule has 2 rings (SSSR count). The summed E-state index contributed by atoms with van der Waals surface area (Å²) in [6.45, 7) is 0. The van der Waals surface area contributed by atoms with Crippen molar-refractivity contribution in [3.05, 3.63) is 53.6 Å². The van der Waals surface area contributed by atoms with Crippen LogP contribution >= 0.6 is 0 Å². The highest BCUT2D eigenvalue weighted by Crippen LogP contribution is 2.38. The first-order valence-corrected chi connectivity index (χ1v) is 8.51. The third kappa shape index (κ3) is 4.82. The van der Waals surface area contributed by atoms with Gasteiger partial charge in [-0.05, 0) is 35.9 Å². The summed E-state index contributed by atoms with van der Waals surface area (Å²) in [5.74, 6) is 0.896. The van der Waals surface area contributed by atoms with Crippen molar-refractivity contribution >= 4 is 23.6 Å². The highest BCUT2D eigenvalue weighted by molar-refractivity contribution is 6.07. The number of carbonyl (C=O) groups excluding carboxylic acids is 2. The molecular formula is C21H24N2O5. The zero-order chi connectivity index (χ0) is 20.7. The molecule has 0 saturated carbocycles. The first-order valence-electron chi connectivity index (χ1n) is 8.51. The molecule has 0 radical (unpaired) electrons. The molecule has 0 aliphatic carbocycles. The molecule has 0 spiro atoms. The molecule has 0 aromatic heterocycles. The zero-order valence-corrected chi connectivity index (χ0v) is 16.6. The van der Waals surface area contributed by atoms with Crippen molar-refractivity contribution in [2.45, 2.75) is 0 Å². The minimum atomic E-state index is -0.368. The van der Waals surface area contributed by atoms with E-state index in [4.69, 9.17) is 14.2 Å². The van der Waals surface area contributed by atoms with Crippen molar-refractivity contribution < 1.29 is 23.8 Å². The van der Waals surface area contributed by atoms with Crippen LogP contribution in [0.4, 0.5) is 5.69 Å². The topological polar surface area (TPSA) is 77.1 Å². The molecule has 0 atom stereocenters. The van der Waals surface area contributed by atoms with Gasteiger partial charge in [0.05, 0.1) is 32.6 Å². The molecule has 148 valence electrons. The summed E-state index contributed by atoms with van der Waals surface area (Å²) in [6, 6.07) is 10.3. The fourth-order valence-corrected chi connectivity index (χ4v) is 2.56. The maximum Gasteiger partial charge on any atom is 0.255 e. The maximum atomic E-state index is 12.4. The molecule has 0 fully saturated rings. The molecule has 0 heterocycles. The van der Waals surface area contributed by atoms with Crippen LogP contribution in [0.5, 0.6) is 17.2 Å². The monoisotopic (exact) mass is 384 g/mol. The van der Waals surface area contributed by atoms with Gasteiger partial charge in [-0.2, -0.15) is 0 Å². The van der Waals surface area contributed by atoms with Gasteiger partial charge in [-0.25, -0.2) is 0 Å². The van der Waals surface area contributed by atoms with Gasteiger partial charge < -0.3 is 24.4 Å². The first-order chi connectivity index (χ1) is 13.4. The Labute approximate surface area is 164 Å². The summed E-state index contributed by atoms with van der Waals surface area (Å²) in [7, 11) is 7.89. The van der Waals surface area contributed by atoms with Crippen molar-refractivity contribution in [3.8, 4) is 17.2 Å². The number of carbonyl (C=O) groups is 2. The van der Waals surface area contributed by atoms with Gasteiger partial charge >= 0.3 is 0 Å². The molecule has 2 amide bonds. The second-order valence-corrected chi connectivity index (χ2v) is 6.03. The van der Waals surface area contributed by atoms with Crippen LogP contribution < -0.4 is 19.5 Å². The molecule has 0 saturated heterocycles. The molecule has 0 aliphatic heterocycles. The summed E-state index contributed by atoms with van der Waals surface area (Å²) in [6.07, 6.45) is 2.99. The lowest BCUT2D eigenvalue weighted by Gasteiger charge is -2.14. The number of hydrogen-bond acceptors (Lipinski definition) is 5. The van der Waals surface area contributed by atoms with E-state index in [2.05, 4.69) is 5.32 Å². The summed E-state index contributed by atoms with van der Waals surface area (Å²) >= 11 is 0. The lowest BCUT2D eigenvalue weighted by Crippen LogP contribution is -2.23. The summed E-state index contributed by atoms with van der Waals surface area (Å²) < 4.78 is 15.9. The predicted molar refractivity (Wildman–Crippen MR) is 108 cm³/mol. The summed E-state index contributed by atoms with van der Waals surface area (Å²) in [4.78, 5) is 26.1. The number of hydrogen-bond donors (Lipinski definition) is 1. The van der Waals surface area contributed by atoms with Crippen LogP contribution in [0.1, 0.15) is 15.9 Å². The lowest BCUT2D eigenvalue weighted by molar-refractivity contribution is -0.111. The van der Waals surface area contributed by atoms with Gasteiger partial charge in [0.25, 0.3) is 5.91 Å². The number of amides is 2. The van der Waals surface area contributed by atoms with Crippen molar-refractivity contribution in [1.82, 2.24) is 4.90 Å². The predicted octanol–water partition coefficient (Wildman–Crippen LogP) is 3.07. The van der Waals surface area contributed by atoms with Crippen LogP contribution in [0.15, 0.2) is 42.5 Å². The smallest absolute Gasteiger partial charge is 0.255 e. The van der Waals surface area contributed by atoms with E-state index >= 15 is 0 Å². The van der Waals surface area contributed by atoms with Crippen LogP contribution in [0.2, 0.25) is 0 Å². The van der Waals surface area contributed by atoms with Crippen LogP contribution in [0.25, 0.3) is 6.08 Å². The average Bonchev–Trinajstić information content (AvgIpc) is 2.71. The molecule has 2 aromatic rings. The maximum absolute atomic E-state index is 12.4. The second kappa shape index (κ2) is 9.45. The third-order valence-electron chi connectivity index (χ3n) is 3.94. The fraction of sp³-hybridized carbons (Fsp3) is 0.238. The van der Waals surface area contributed by atoms with Crippen LogP contribution in [0, 0.1) is 0 Å². The van der Waals surface area contributed by atoms with E-state index < -0.39 is 0 Å². The van der Waals surface area contributed by atoms with E-state index in [1.165, 1.54) is 32.3 Å². The Bertz CT molecular complexity index is 865. The van der Waals surface area contributed by atoms with Gasteiger partial charge in [0.2, 0.25) is 11.7 Å². The normalized spacial score (nSPS) is 10.5. The largest absolute Gasteiger partial charge is 0.493 e. The molecule has 2 aromatic carbocycles. The molecule has 0 unspecified atom stereocenters.